The van der Waals surface area contributed by atoms with Gasteiger partial charge in [-0.2, -0.15) is 8.91 Å². The van der Waals surface area contributed by atoms with Crippen LogP contribution in [0.4, 0.5) is 11.4 Å². The van der Waals surface area contributed by atoms with Crippen LogP contribution >= 0.6 is 12.0 Å². The second-order valence-electron chi connectivity index (χ2n) is 14.2. The minimum atomic E-state index is -4.29. The Bertz CT molecular complexity index is 2110. The van der Waals surface area contributed by atoms with E-state index < -0.39 is 21.5 Å². The summed E-state index contributed by atoms with van der Waals surface area (Å²) in [6.07, 6.45) is 12.7. The first-order valence-corrected chi connectivity index (χ1v) is 19.7. The molecule has 0 aromatic heterocycles. The molecule has 0 atom stereocenters. The third-order valence-corrected chi connectivity index (χ3v) is 11.2. The second kappa shape index (κ2) is 21.3. The fraction of sp³-hybridized carbons (Fsp3) is 0.317. The predicted octanol–water partition coefficient (Wildman–Crippen LogP) is 0.174. The smallest absolute Gasteiger partial charge is 0.748 e. The quantitative estimate of drug-likeness (QED) is 0.0287. The maximum Gasteiger partial charge on any atom is 1.00 e. The van der Waals surface area contributed by atoms with Crippen molar-refractivity contribution in [1.82, 2.24) is 0 Å². The summed E-state index contributed by atoms with van der Waals surface area (Å²) >= 11 is 0.805. The molecule has 0 aliphatic carbocycles. The predicted molar refractivity (Wildman–Crippen MR) is 203 cm³/mol. The van der Waals surface area contributed by atoms with Gasteiger partial charge in [0.25, 0.3) is 0 Å². The molecule has 5 rings (SSSR count). The van der Waals surface area contributed by atoms with E-state index in [9.17, 15) is 28.1 Å². The van der Waals surface area contributed by atoms with Crippen LogP contribution in [0.15, 0.2) is 119 Å². The minimum absolute atomic E-state index is 0. The van der Waals surface area contributed by atoms with Crippen molar-refractivity contribution in [1.29, 1.82) is 0 Å². The normalized spacial score (nSPS) is 16.7. The molecule has 0 saturated heterocycles. The van der Waals surface area contributed by atoms with Crippen molar-refractivity contribution < 1.29 is 145 Å². The molecule has 0 bridgehead atoms. The van der Waals surface area contributed by atoms with Crippen molar-refractivity contribution in [2.24, 2.45) is 0 Å². The zero-order valence-electron chi connectivity index (χ0n) is 32.5. The molecule has 0 N–H and O–H groups in total. The van der Waals surface area contributed by atoms with Crippen LogP contribution in [0.2, 0.25) is 0 Å². The van der Waals surface area contributed by atoms with Crippen LogP contribution in [0.3, 0.4) is 0 Å². The SMILES string of the molecule is CC(/C=C/C=C1/N(CCCCS(=O)(=O)[O-])c2cc(-c3ccccc3)ccc2C1(C)C)=C\C=C\C1=[N+](CCC(=O)[O-])c2ccc(SOO[O-])cc2C1(C)C.[K+].[K+]. The van der Waals surface area contributed by atoms with Gasteiger partial charge in [-0.3, -0.25) is 5.04 Å². The Hall–Kier alpha value is -1.03. The van der Waals surface area contributed by atoms with Gasteiger partial charge in [0.2, 0.25) is 5.69 Å². The standard InChI is InChI=1S/C41H46N2O8S2.2K/c1-29(14-12-18-38-41(4,5)34-28-32(52-51-50-46)20-22-35(34)43(38)25-23-39(44)45)13-11-17-37-40(2,3)33-21-19-31(30-15-7-6-8-16-30)27-36(33)42(37)24-9-10-26-53(47,48)49;;/h6-8,11-22,27-28H,9-10,23-26H2,1-5H3,(H2-,44,45,46,47,48,49);;/q;2*+1/p-2. The van der Waals surface area contributed by atoms with E-state index >= 15 is 0 Å². The fourth-order valence-electron chi connectivity index (χ4n) is 7.13. The molecule has 14 heteroatoms. The average Bonchev–Trinajstić information content (AvgIpc) is 3.45. The Kier molecular flexibility index (Phi) is 18.7. The topological polar surface area (TPSA) is 145 Å². The van der Waals surface area contributed by atoms with Crippen LogP contribution in [-0.2, 0) is 35.1 Å². The number of rotatable bonds is 16. The number of hydrogen-bond acceptors (Lipinski definition) is 10. The van der Waals surface area contributed by atoms with Gasteiger partial charge in [0.1, 0.15) is 0 Å². The van der Waals surface area contributed by atoms with Gasteiger partial charge in [-0.1, -0.05) is 86.2 Å². The number of anilines is 1. The number of unbranched alkanes of at least 4 members (excludes halogenated alkanes) is 1. The van der Waals surface area contributed by atoms with E-state index in [0.717, 1.165) is 57.1 Å². The Morgan fingerprint density at radius 2 is 1.65 bits per heavy atom. The zero-order chi connectivity index (χ0) is 38.4. The van der Waals surface area contributed by atoms with Crippen molar-refractivity contribution in [2.75, 3.05) is 23.7 Å². The van der Waals surface area contributed by atoms with Crippen molar-refractivity contribution in [3.8, 4) is 11.1 Å². The van der Waals surface area contributed by atoms with Crippen LogP contribution in [0.25, 0.3) is 11.1 Å². The number of fused-ring (bicyclic) bond motifs is 2. The largest absolute Gasteiger partial charge is 1.00 e. The Balaban J connectivity index is 0.00000406. The number of hydrogen-bond donors (Lipinski definition) is 0. The maximum atomic E-state index is 11.4. The van der Waals surface area contributed by atoms with Gasteiger partial charge in [-0.15, -0.1) is 0 Å². The van der Waals surface area contributed by atoms with E-state index in [0.29, 0.717) is 17.9 Å². The molecule has 3 aromatic rings. The van der Waals surface area contributed by atoms with Crippen LogP contribution in [-0.4, -0.2) is 48.1 Å². The summed E-state index contributed by atoms with van der Waals surface area (Å²) in [5.74, 6) is -1.52. The van der Waals surface area contributed by atoms with Gasteiger partial charge in [-0.05, 0) is 74.6 Å². The molecule has 0 spiro atoms. The van der Waals surface area contributed by atoms with E-state index in [1.54, 1.807) is 6.07 Å². The van der Waals surface area contributed by atoms with Crippen molar-refractivity contribution >= 4 is 45.2 Å². The van der Waals surface area contributed by atoms with Crippen LogP contribution in [0.5, 0.6) is 0 Å². The molecule has 0 saturated carbocycles. The molecule has 3 aromatic carbocycles. The fourth-order valence-corrected chi connectivity index (χ4v) is 8.08. The van der Waals surface area contributed by atoms with E-state index in [4.69, 9.17) is 0 Å². The van der Waals surface area contributed by atoms with Crippen molar-refractivity contribution in [3.63, 3.8) is 0 Å². The van der Waals surface area contributed by atoms with E-state index in [-0.39, 0.29) is 133 Å². The molecule has 0 radical (unpaired) electrons. The van der Waals surface area contributed by atoms with Crippen LogP contribution in [0.1, 0.15) is 65.0 Å². The monoisotopic (exact) mass is 834 g/mol. The van der Waals surface area contributed by atoms with Gasteiger partial charge in [-0.25, -0.2) is 8.42 Å². The summed E-state index contributed by atoms with van der Waals surface area (Å²) in [5, 5.41) is 25.3. The molecule has 55 heavy (non-hydrogen) atoms. The molecular weight excluding hydrogens is 791 g/mol. The summed E-state index contributed by atoms with van der Waals surface area (Å²) in [5.41, 5.74) is 8.38. The second-order valence-corrected chi connectivity index (χ2v) is 16.5. The first kappa shape index (κ1) is 48.3. The summed E-state index contributed by atoms with van der Waals surface area (Å²) in [6, 6.07) is 22.2. The van der Waals surface area contributed by atoms with Gasteiger partial charge < -0.3 is 24.6 Å². The van der Waals surface area contributed by atoms with Crippen LogP contribution < -0.4 is 118 Å². The van der Waals surface area contributed by atoms with E-state index in [1.807, 2.05) is 72.2 Å². The molecule has 2 aliphatic rings. The molecule has 2 heterocycles. The summed E-state index contributed by atoms with van der Waals surface area (Å²) < 4.78 is 40.4. The third-order valence-electron chi connectivity index (χ3n) is 9.81. The van der Waals surface area contributed by atoms with Crippen molar-refractivity contribution in [3.05, 3.63) is 126 Å². The number of benzene rings is 3. The molecular formula is C41H44K2N2O8S2. The number of carboxylic acids is 1. The first-order chi connectivity index (χ1) is 25.1. The molecule has 0 unspecified atom stereocenters. The number of carbonyl (C=O) groups excluding carboxylic acids is 1. The Morgan fingerprint density at radius 3 is 2.33 bits per heavy atom. The summed E-state index contributed by atoms with van der Waals surface area (Å²) in [7, 11) is -4.29. The molecule has 10 nitrogen and oxygen atoms in total. The Morgan fingerprint density at radius 1 is 0.927 bits per heavy atom. The van der Waals surface area contributed by atoms with Gasteiger partial charge in [0.05, 0.1) is 27.6 Å². The number of carboxylic acid groups (broad SMARTS) is 1. The van der Waals surface area contributed by atoms with E-state index in [2.05, 4.69) is 78.4 Å². The number of carbonyl (C=O) groups is 1. The molecule has 2 aliphatic heterocycles. The summed E-state index contributed by atoms with van der Waals surface area (Å²) in [4.78, 5) is 14.3. The van der Waals surface area contributed by atoms with Crippen molar-refractivity contribution in [2.45, 2.75) is 69.6 Å². The molecule has 0 amide bonds. The van der Waals surface area contributed by atoms with Gasteiger partial charge >= 0.3 is 103 Å². The number of aliphatic carboxylic acids is 1. The van der Waals surface area contributed by atoms with Crippen LogP contribution in [0, 0.1) is 0 Å². The van der Waals surface area contributed by atoms with E-state index in [1.165, 1.54) is 5.56 Å². The van der Waals surface area contributed by atoms with Gasteiger partial charge in [0.15, 0.2) is 12.3 Å². The zero-order valence-corrected chi connectivity index (χ0v) is 40.4. The van der Waals surface area contributed by atoms with Gasteiger partial charge in [0, 0.05) is 64.1 Å². The number of nitrogens with zero attached hydrogens (tertiary/aromatic N) is 2. The summed E-state index contributed by atoms with van der Waals surface area (Å²) in [6.45, 7) is 11.3. The Labute approximate surface area is 414 Å². The first-order valence-electron chi connectivity index (χ1n) is 17.4. The molecule has 0 fully saturated rings. The maximum absolute atomic E-state index is 11.4. The third kappa shape index (κ3) is 12.3. The average molecular weight is 835 g/mol. The molecule has 280 valence electrons. The minimum Gasteiger partial charge on any atom is -0.748 e. The number of allylic oxidation sites excluding steroid dienone is 8.